The summed E-state index contributed by atoms with van der Waals surface area (Å²) in [6.45, 7) is 4.70. The summed E-state index contributed by atoms with van der Waals surface area (Å²) in [4.78, 5) is 1.97. The number of phenols is 1. The molecule has 0 aromatic heterocycles. The van der Waals surface area contributed by atoms with Gasteiger partial charge in [-0.25, -0.2) is 0 Å². The van der Waals surface area contributed by atoms with E-state index < -0.39 is 5.60 Å². The van der Waals surface area contributed by atoms with Crippen LogP contribution in [0.1, 0.15) is 19.4 Å². The molecule has 0 saturated carbocycles. The average molecular weight is 288 g/mol. The lowest BCUT2D eigenvalue weighted by Gasteiger charge is -2.25. The maximum absolute atomic E-state index is 9.81. The zero-order valence-corrected chi connectivity index (χ0v) is 11.5. The van der Waals surface area contributed by atoms with Crippen molar-refractivity contribution in [1.29, 1.82) is 0 Å². The Morgan fingerprint density at radius 3 is 2.56 bits per heavy atom. The van der Waals surface area contributed by atoms with Crippen molar-refractivity contribution in [3.8, 4) is 5.75 Å². The zero-order valence-electron chi connectivity index (χ0n) is 9.87. The summed E-state index contributed by atoms with van der Waals surface area (Å²) >= 11 is 3.28. The van der Waals surface area contributed by atoms with Crippen LogP contribution >= 0.6 is 15.9 Å². The third-order valence-corrected chi connectivity index (χ3v) is 2.81. The summed E-state index contributed by atoms with van der Waals surface area (Å²) in [6.07, 6.45) is 0. The van der Waals surface area contributed by atoms with Crippen molar-refractivity contribution in [3.63, 3.8) is 0 Å². The molecule has 0 aliphatic heterocycles. The Kier molecular flexibility index (Phi) is 4.35. The molecule has 1 aromatic rings. The van der Waals surface area contributed by atoms with Gasteiger partial charge in [0.1, 0.15) is 5.75 Å². The third-order valence-electron chi connectivity index (χ3n) is 2.17. The molecular weight excluding hydrogens is 270 g/mol. The molecule has 0 unspecified atom stereocenters. The van der Waals surface area contributed by atoms with Crippen LogP contribution in [-0.2, 0) is 6.54 Å². The third kappa shape index (κ3) is 4.12. The van der Waals surface area contributed by atoms with E-state index in [0.29, 0.717) is 17.6 Å². The monoisotopic (exact) mass is 287 g/mol. The fourth-order valence-corrected chi connectivity index (χ4v) is 2.10. The van der Waals surface area contributed by atoms with E-state index in [1.807, 2.05) is 24.1 Å². The molecular formula is C12H18BrNO2. The van der Waals surface area contributed by atoms with Crippen molar-refractivity contribution in [3.05, 3.63) is 28.2 Å². The zero-order chi connectivity index (χ0) is 12.3. The highest BCUT2D eigenvalue weighted by molar-refractivity contribution is 9.10. The number of nitrogens with zero attached hydrogens (tertiary/aromatic N) is 1. The summed E-state index contributed by atoms with van der Waals surface area (Å²) < 4.78 is 0.696. The summed E-state index contributed by atoms with van der Waals surface area (Å²) in [5, 5.41) is 19.5. The fourth-order valence-electron chi connectivity index (χ4n) is 1.69. The van der Waals surface area contributed by atoms with E-state index in [1.165, 1.54) is 0 Å². The van der Waals surface area contributed by atoms with E-state index in [0.717, 1.165) is 5.56 Å². The Morgan fingerprint density at radius 1 is 1.38 bits per heavy atom. The summed E-state index contributed by atoms with van der Waals surface area (Å²) in [6, 6.07) is 5.56. The van der Waals surface area contributed by atoms with Crippen LogP contribution in [0.2, 0.25) is 0 Å². The lowest BCUT2D eigenvalue weighted by Crippen LogP contribution is -2.35. The van der Waals surface area contributed by atoms with Gasteiger partial charge in [-0.05, 0) is 42.9 Å². The molecule has 16 heavy (non-hydrogen) atoms. The minimum absolute atomic E-state index is 0.269. The number of aliphatic hydroxyl groups is 1. The van der Waals surface area contributed by atoms with Crippen LogP contribution in [0.3, 0.4) is 0 Å². The number of hydrogen-bond acceptors (Lipinski definition) is 3. The van der Waals surface area contributed by atoms with Crippen LogP contribution in [0.15, 0.2) is 22.7 Å². The molecule has 0 saturated heterocycles. The second kappa shape index (κ2) is 5.17. The second-order valence-electron chi connectivity index (χ2n) is 4.73. The molecule has 0 aliphatic carbocycles. The van der Waals surface area contributed by atoms with E-state index in [1.54, 1.807) is 19.9 Å². The summed E-state index contributed by atoms with van der Waals surface area (Å²) in [7, 11) is 1.91. The van der Waals surface area contributed by atoms with E-state index >= 15 is 0 Å². The molecule has 90 valence electrons. The molecule has 0 fully saturated rings. The number of phenolic OH excluding ortho intramolecular Hbond substituents is 1. The highest BCUT2D eigenvalue weighted by atomic mass is 79.9. The minimum atomic E-state index is -0.726. The van der Waals surface area contributed by atoms with Gasteiger partial charge in [-0.1, -0.05) is 12.1 Å². The number of aromatic hydroxyl groups is 1. The van der Waals surface area contributed by atoms with Crippen LogP contribution in [0.5, 0.6) is 5.75 Å². The van der Waals surface area contributed by atoms with Gasteiger partial charge >= 0.3 is 0 Å². The van der Waals surface area contributed by atoms with Crippen molar-refractivity contribution in [2.75, 3.05) is 13.6 Å². The van der Waals surface area contributed by atoms with Gasteiger partial charge in [-0.2, -0.15) is 0 Å². The molecule has 0 bridgehead atoms. The van der Waals surface area contributed by atoms with Crippen molar-refractivity contribution < 1.29 is 10.2 Å². The van der Waals surface area contributed by atoms with Crippen molar-refractivity contribution in [2.45, 2.75) is 26.0 Å². The van der Waals surface area contributed by atoms with Gasteiger partial charge in [0.05, 0.1) is 10.1 Å². The molecule has 0 radical (unpaired) electrons. The Balaban J connectivity index is 2.70. The molecule has 1 aromatic carbocycles. The fraction of sp³-hybridized carbons (Fsp3) is 0.500. The first-order valence-corrected chi connectivity index (χ1v) is 5.96. The quantitative estimate of drug-likeness (QED) is 0.894. The molecule has 0 spiro atoms. The largest absolute Gasteiger partial charge is 0.506 e. The predicted molar refractivity (Wildman–Crippen MR) is 68.4 cm³/mol. The first kappa shape index (κ1) is 13.5. The summed E-state index contributed by atoms with van der Waals surface area (Å²) in [5.74, 6) is 0.269. The standard InChI is InChI=1S/C12H18BrNO2/c1-12(2,16)8-14(3)7-9-5-4-6-10(13)11(9)15/h4-6,15-16H,7-8H2,1-3H3. The first-order valence-electron chi connectivity index (χ1n) is 5.17. The van der Waals surface area contributed by atoms with E-state index in [4.69, 9.17) is 0 Å². The molecule has 0 amide bonds. The van der Waals surface area contributed by atoms with Gasteiger partial charge in [-0.3, -0.25) is 4.90 Å². The Morgan fingerprint density at radius 2 is 2.00 bits per heavy atom. The molecule has 2 N–H and O–H groups in total. The SMILES string of the molecule is CN(Cc1cccc(Br)c1O)CC(C)(C)O. The van der Waals surface area contributed by atoms with Crippen molar-refractivity contribution in [1.82, 2.24) is 4.90 Å². The maximum atomic E-state index is 9.81. The first-order chi connectivity index (χ1) is 7.29. The highest BCUT2D eigenvalue weighted by Crippen LogP contribution is 2.28. The molecule has 4 heteroatoms. The number of halogens is 1. The number of benzene rings is 1. The smallest absolute Gasteiger partial charge is 0.134 e. The lowest BCUT2D eigenvalue weighted by atomic mass is 10.1. The molecule has 1 rings (SSSR count). The Bertz CT molecular complexity index is 361. The van der Waals surface area contributed by atoms with Gasteiger partial charge in [0.2, 0.25) is 0 Å². The topological polar surface area (TPSA) is 43.7 Å². The molecule has 0 heterocycles. The van der Waals surface area contributed by atoms with Crippen LogP contribution in [0.4, 0.5) is 0 Å². The molecule has 0 atom stereocenters. The van der Waals surface area contributed by atoms with Gasteiger partial charge in [0, 0.05) is 18.7 Å². The molecule has 0 aliphatic rings. The van der Waals surface area contributed by atoms with E-state index in [2.05, 4.69) is 15.9 Å². The van der Waals surface area contributed by atoms with Crippen molar-refractivity contribution >= 4 is 15.9 Å². The minimum Gasteiger partial charge on any atom is -0.506 e. The van der Waals surface area contributed by atoms with Gasteiger partial charge in [0.25, 0.3) is 0 Å². The number of rotatable bonds is 4. The van der Waals surface area contributed by atoms with Crippen LogP contribution in [0, 0.1) is 0 Å². The average Bonchev–Trinajstić information content (AvgIpc) is 2.09. The van der Waals surface area contributed by atoms with E-state index in [-0.39, 0.29) is 5.75 Å². The lowest BCUT2D eigenvalue weighted by molar-refractivity contribution is 0.0422. The normalized spacial score (nSPS) is 12.1. The van der Waals surface area contributed by atoms with Gasteiger partial charge in [-0.15, -0.1) is 0 Å². The van der Waals surface area contributed by atoms with Crippen LogP contribution < -0.4 is 0 Å². The van der Waals surface area contributed by atoms with E-state index in [9.17, 15) is 10.2 Å². The molecule has 3 nitrogen and oxygen atoms in total. The summed E-state index contributed by atoms with van der Waals surface area (Å²) in [5.41, 5.74) is 0.122. The van der Waals surface area contributed by atoms with Crippen LogP contribution in [-0.4, -0.2) is 34.3 Å². The van der Waals surface area contributed by atoms with Crippen LogP contribution in [0.25, 0.3) is 0 Å². The highest BCUT2D eigenvalue weighted by Gasteiger charge is 2.16. The Hall–Kier alpha value is -0.580. The van der Waals surface area contributed by atoms with Gasteiger partial charge in [0.15, 0.2) is 0 Å². The number of para-hydroxylation sites is 1. The number of likely N-dealkylation sites (N-methyl/N-ethyl adjacent to an activating group) is 1. The predicted octanol–water partition coefficient (Wildman–Crippen LogP) is 2.36. The number of hydrogen-bond donors (Lipinski definition) is 2. The second-order valence-corrected chi connectivity index (χ2v) is 5.59. The Labute approximate surface area is 105 Å². The van der Waals surface area contributed by atoms with Crippen molar-refractivity contribution in [2.24, 2.45) is 0 Å². The van der Waals surface area contributed by atoms with Gasteiger partial charge < -0.3 is 10.2 Å². The maximum Gasteiger partial charge on any atom is 0.134 e.